The number of rotatable bonds is 12. The molecule has 184 valence electrons. The van der Waals surface area contributed by atoms with Gasteiger partial charge in [0.05, 0.1) is 6.61 Å². The SMILES string of the molecule is CCCOC[C@H](C(=O)OC(C)(C)C)C(C(=O)OCc1ccccc1)C(=O)OCc1ccccc1. The second kappa shape index (κ2) is 13.5. The van der Waals surface area contributed by atoms with Crippen LogP contribution < -0.4 is 0 Å². The summed E-state index contributed by atoms with van der Waals surface area (Å²) < 4.78 is 21.9. The Balaban J connectivity index is 2.25. The van der Waals surface area contributed by atoms with E-state index >= 15 is 0 Å². The van der Waals surface area contributed by atoms with Crippen LogP contribution >= 0.6 is 0 Å². The van der Waals surface area contributed by atoms with Gasteiger partial charge in [0.2, 0.25) is 0 Å². The minimum atomic E-state index is -1.53. The average Bonchev–Trinajstić information content (AvgIpc) is 2.81. The smallest absolute Gasteiger partial charge is 0.321 e. The van der Waals surface area contributed by atoms with Crippen LogP contribution in [0.25, 0.3) is 0 Å². The van der Waals surface area contributed by atoms with Crippen molar-refractivity contribution in [1.29, 1.82) is 0 Å². The molecule has 0 aromatic heterocycles. The van der Waals surface area contributed by atoms with Crippen LogP contribution in [0.2, 0.25) is 0 Å². The Morgan fingerprint density at radius 1 is 0.765 bits per heavy atom. The summed E-state index contributed by atoms with van der Waals surface area (Å²) in [6.45, 7) is 7.17. The Bertz CT molecular complexity index is 848. The zero-order chi connectivity index (χ0) is 25.0. The fourth-order valence-corrected chi connectivity index (χ4v) is 3.09. The maximum absolute atomic E-state index is 13.1. The summed E-state index contributed by atoms with van der Waals surface area (Å²) >= 11 is 0. The van der Waals surface area contributed by atoms with E-state index in [0.29, 0.717) is 13.0 Å². The number of esters is 3. The maximum Gasteiger partial charge on any atom is 0.321 e. The lowest BCUT2D eigenvalue weighted by Crippen LogP contribution is -2.43. The molecule has 0 aliphatic rings. The van der Waals surface area contributed by atoms with Gasteiger partial charge in [-0.15, -0.1) is 0 Å². The Morgan fingerprint density at radius 2 is 1.24 bits per heavy atom. The minimum Gasteiger partial charge on any atom is -0.460 e. The molecule has 0 saturated heterocycles. The van der Waals surface area contributed by atoms with E-state index < -0.39 is 35.3 Å². The molecule has 0 amide bonds. The zero-order valence-corrected chi connectivity index (χ0v) is 20.3. The molecule has 0 fully saturated rings. The van der Waals surface area contributed by atoms with Gasteiger partial charge in [-0.25, -0.2) is 0 Å². The van der Waals surface area contributed by atoms with E-state index in [1.807, 2.05) is 43.3 Å². The van der Waals surface area contributed by atoms with Crippen molar-refractivity contribution in [1.82, 2.24) is 0 Å². The molecular weight excluding hydrogens is 436 g/mol. The molecule has 34 heavy (non-hydrogen) atoms. The van der Waals surface area contributed by atoms with Crippen molar-refractivity contribution in [3.05, 3.63) is 71.8 Å². The van der Waals surface area contributed by atoms with Crippen molar-refractivity contribution in [2.75, 3.05) is 13.2 Å². The van der Waals surface area contributed by atoms with Gasteiger partial charge in [-0.2, -0.15) is 0 Å². The van der Waals surface area contributed by atoms with Gasteiger partial charge in [0.25, 0.3) is 0 Å². The standard InChI is InChI=1S/C27H34O7/c1-5-16-31-19-22(24(28)34-27(2,3)4)23(25(29)32-17-20-12-8-6-9-13-20)26(30)33-18-21-14-10-7-11-15-21/h6-15,22-23H,5,16-19H2,1-4H3/t22-/m0/s1. The lowest BCUT2D eigenvalue weighted by Gasteiger charge is -2.27. The molecule has 2 aromatic rings. The van der Waals surface area contributed by atoms with Gasteiger partial charge in [-0.1, -0.05) is 67.6 Å². The minimum absolute atomic E-state index is 0.0427. The largest absolute Gasteiger partial charge is 0.460 e. The summed E-state index contributed by atoms with van der Waals surface area (Å²) in [6, 6.07) is 18.1. The van der Waals surface area contributed by atoms with Gasteiger partial charge in [0.1, 0.15) is 24.7 Å². The third-order valence-corrected chi connectivity index (χ3v) is 4.71. The van der Waals surface area contributed by atoms with Gasteiger partial charge in [0.15, 0.2) is 5.92 Å². The van der Waals surface area contributed by atoms with Crippen molar-refractivity contribution in [3.8, 4) is 0 Å². The Morgan fingerprint density at radius 3 is 1.65 bits per heavy atom. The first-order chi connectivity index (χ1) is 16.2. The topological polar surface area (TPSA) is 88.1 Å². The van der Waals surface area contributed by atoms with Crippen LogP contribution in [0.3, 0.4) is 0 Å². The molecule has 0 spiro atoms. The highest BCUT2D eigenvalue weighted by Gasteiger charge is 2.44. The number of carbonyl (C=O) groups is 3. The molecule has 7 nitrogen and oxygen atoms in total. The van der Waals surface area contributed by atoms with E-state index in [1.54, 1.807) is 45.0 Å². The van der Waals surface area contributed by atoms with Gasteiger partial charge >= 0.3 is 17.9 Å². The highest BCUT2D eigenvalue weighted by atomic mass is 16.6. The molecule has 0 radical (unpaired) electrons. The maximum atomic E-state index is 13.1. The molecule has 2 rings (SSSR count). The normalized spacial score (nSPS) is 12.1. The second-order valence-corrected chi connectivity index (χ2v) is 8.88. The van der Waals surface area contributed by atoms with E-state index in [-0.39, 0.29) is 19.8 Å². The van der Waals surface area contributed by atoms with Crippen LogP contribution in [0.1, 0.15) is 45.2 Å². The predicted molar refractivity (Wildman–Crippen MR) is 126 cm³/mol. The van der Waals surface area contributed by atoms with Crippen LogP contribution in [0.5, 0.6) is 0 Å². The molecule has 0 saturated carbocycles. The molecule has 0 N–H and O–H groups in total. The first-order valence-corrected chi connectivity index (χ1v) is 11.4. The summed E-state index contributed by atoms with van der Waals surface area (Å²) in [7, 11) is 0. The Labute approximate surface area is 201 Å². The number of carbonyl (C=O) groups excluding carboxylic acids is 3. The molecule has 7 heteroatoms. The molecule has 0 bridgehead atoms. The molecule has 0 heterocycles. The highest BCUT2D eigenvalue weighted by molar-refractivity contribution is 5.99. The second-order valence-electron chi connectivity index (χ2n) is 8.88. The first kappa shape index (κ1) is 27.1. The van der Waals surface area contributed by atoms with Crippen molar-refractivity contribution < 1.29 is 33.3 Å². The number of benzene rings is 2. The average molecular weight is 471 g/mol. The molecule has 0 aliphatic carbocycles. The monoisotopic (exact) mass is 470 g/mol. The number of hydrogen-bond acceptors (Lipinski definition) is 7. The van der Waals surface area contributed by atoms with Crippen molar-refractivity contribution in [3.63, 3.8) is 0 Å². The van der Waals surface area contributed by atoms with Crippen LogP contribution in [-0.2, 0) is 46.5 Å². The van der Waals surface area contributed by atoms with Crippen molar-refractivity contribution in [2.45, 2.75) is 52.9 Å². The van der Waals surface area contributed by atoms with Crippen LogP contribution in [-0.4, -0.2) is 36.7 Å². The van der Waals surface area contributed by atoms with Crippen LogP contribution in [0.4, 0.5) is 0 Å². The third-order valence-electron chi connectivity index (χ3n) is 4.71. The van der Waals surface area contributed by atoms with E-state index in [9.17, 15) is 14.4 Å². The van der Waals surface area contributed by atoms with E-state index in [0.717, 1.165) is 11.1 Å². The van der Waals surface area contributed by atoms with Crippen molar-refractivity contribution in [2.24, 2.45) is 11.8 Å². The van der Waals surface area contributed by atoms with E-state index in [1.165, 1.54) is 0 Å². The molecule has 0 unspecified atom stereocenters. The molecule has 0 aliphatic heterocycles. The molecule has 2 aromatic carbocycles. The number of ether oxygens (including phenoxy) is 4. The summed E-state index contributed by atoms with van der Waals surface area (Å²) in [5.74, 6) is -5.19. The quantitative estimate of drug-likeness (QED) is 0.196. The Hall–Kier alpha value is -3.19. The first-order valence-electron chi connectivity index (χ1n) is 11.4. The fraction of sp³-hybridized carbons (Fsp3) is 0.444. The predicted octanol–water partition coefficient (Wildman–Crippen LogP) is 4.47. The third kappa shape index (κ3) is 9.35. The zero-order valence-electron chi connectivity index (χ0n) is 20.3. The van der Waals surface area contributed by atoms with Gasteiger partial charge in [0, 0.05) is 6.61 Å². The number of hydrogen-bond donors (Lipinski definition) is 0. The van der Waals surface area contributed by atoms with Crippen LogP contribution in [0, 0.1) is 11.8 Å². The summed E-state index contributed by atoms with van der Waals surface area (Å²) in [6.07, 6.45) is 0.711. The summed E-state index contributed by atoms with van der Waals surface area (Å²) in [5, 5.41) is 0. The lowest BCUT2D eigenvalue weighted by molar-refractivity contribution is -0.180. The summed E-state index contributed by atoms with van der Waals surface area (Å²) in [4.78, 5) is 39.3. The van der Waals surface area contributed by atoms with Gasteiger partial charge in [-0.3, -0.25) is 14.4 Å². The Kier molecular flexibility index (Phi) is 10.7. The van der Waals surface area contributed by atoms with Gasteiger partial charge < -0.3 is 18.9 Å². The molecule has 1 atom stereocenters. The molecular formula is C27H34O7. The van der Waals surface area contributed by atoms with E-state index in [4.69, 9.17) is 18.9 Å². The van der Waals surface area contributed by atoms with Gasteiger partial charge in [-0.05, 0) is 38.3 Å². The fourth-order valence-electron chi connectivity index (χ4n) is 3.09. The highest BCUT2D eigenvalue weighted by Crippen LogP contribution is 2.23. The lowest BCUT2D eigenvalue weighted by atomic mass is 9.92. The summed E-state index contributed by atoms with van der Waals surface area (Å²) in [5.41, 5.74) is 0.693. The van der Waals surface area contributed by atoms with Crippen LogP contribution in [0.15, 0.2) is 60.7 Å². The van der Waals surface area contributed by atoms with E-state index in [2.05, 4.69) is 0 Å². The van der Waals surface area contributed by atoms with Crippen molar-refractivity contribution >= 4 is 17.9 Å².